The lowest BCUT2D eigenvalue weighted by Gasteiger charge is -2.34. The van der Waals surface area contributed by atoms with Crippen molar-refractivity contribution in [2.45, 2.75) is 39.8 Å². The molecule has 2 aliphatic rings. The molecule has 172 valence electrons. The van der Waals surface area contributed by atoms with Crippen LogP contribution in [-0.2, 0) is 22.6 Å². The zero-order chi connectivity index (χ0) is 22.1. The number of piperidine rings is 1. The lowest BCUT2D eigenvalue weighted by atomic mass is 9.98. The molecule has 7 heteroatoms. The molecule has 2 heterocycles. The van der Waals surface area contributed by atoms with Gasteiger partial charge < -0.3 is 19.9 Å². The highest BCUT2D eigenvalue weighted by atomic mass is 16.5. The van der Waals surface area contributed by atoms with E-state index in [1.807, 2.05) is 6.92 Å². The van der Waals surface area contributed by atoms with Crippen molar-refractivity contribution in [1.82, 2.24) is 20.0 Å². The second-order valence-corrected chi connectivity index (χ2v) is 8.60. The Kier molecular flexibility index (Phi) is 9.15. The Hall–Kier alpha value is -2.12. The Labute approximate surface area is 187 Å². The third-order valence-electron chi connectivity index (χ3n) is 6.11. The summed E-state index contributed by atoms with van der Waals surface area (Å²) in [4.78, 5) is 24.2. The molecular weight excluding hydrogens is 390 g/mol. The van der Waals surface area contributed by atoms with Crippen LogP contribution in [0.15, 0.2) is 29.3 Å². The third kappa shape index (κ3) is 7.21. The highest BCUT2D eigenvalue weighted by Crippen LogP contribution is 2.18. The third-order valence-corrected chi connectivity index (χ3v) is 6.11. The van der Waals surface area contributed by atoms with Gasteiger partial charge in [0.25, 0.3) is 0 Å². The Bertz CT molecular complexity index is 713. The maximum atomic E-state index is 12.2. The van der Waals surface area contributed by atoms with Crippen LogP contribution >= 0.6 is 0 Å². The molecule has 1 aromatic carbocycles. The van der Waals surface area contributed by atoms with Crippen molar-refractivity contribution in [3.8, 4) is 0 Å². The van der Waals surface area contributed by atoms with Crippen LogP contribution in [0, 0.1) is 5.92 Å². The zero-order valence-electron chi connectivity index (χ0n) is 19.5. The highest BCUT2D eigenvalue weighted by Gasteiger charge is 2.28. The number of likely N-dealkylation sites (tertiary alicyclic amines) is 1. The van der Waals surface area contributed by atoms with Crippen LogP contribution in [0.2, 0.25) is 0 Å². The normalized spacial score (nSPS) is 21.2. The minimum Gasteiger partial charge on any atom is -0.466 e. The lowest BCUT2D eigenvalue weighted by molar-refractivity contribution is -0.149. The molecule has 2 saturated heterocycles. The quantitative estimate of drug-likeness (QED) is 0.407. The number of likely N-dealkylation sites (N-methyl/N-ethyl adjacent to an activating group) is 1. The van der Waals surface area contributed by atoms with Crippen LogP contribution in [0.1, 0.15) is 37.8 Å². The standard InChI is InChI=1S/C24H39N5O2/c1-4-25-24(29-12-6-7-22(19-29)23(30)31-5-2)26-17-20-8-10-21(11-9-20)18-28-15-13-27(3)14-16-28/h8-11,22H,4-7,12-19H2,1-3H3,(H,25,26). The van der Waals surface area contributed by atoms with E-state index in [1.54, 1.807) is 0 Å². The molecular formula is C24H39N5O2. The van der Waals surface area contributed by atoms with Gasteiger partial charge in [0.2, 0.25) is 0 Å². The molecule has 1 atom stereocenters. The van der Waals surface area contributed by atoms with Crippen LogP contribution in [0.25, 0.3) is 0 Å². The van der Waals surface area contributed by atoms with Gasteiger partial charge in [-0.05, 0) is 44.9 Å². The van der Waals surface area contributed by atoms with Crippen LogP contribution in [0.5, 0.6) is 0 Å². The summed E-state index contributed by atoms with van der Waals surface area (Å²) in [6.07, 6.45) is 1.87. The first-order chi connectivity index (χ1) is 15.1. The molecule has 31 heavy (non-hydrogen) atoms. The Morgan fingerprint density at radius 2 is 1.81 bits per heavy atom. The maximum Gasteiger partial charge on any atom is 0.310 e. The summed E-state index contributed by atoms with van der Waals surface area (Å²) in [7, 11) is 2.19. The van der Waals surface area contributed by atoms with E-state index in [2.05, 4.69) is 58.3 Å². The predicted octanol–water partition coefficient (Wildman–Crippen LogP) is 2.17. The number of piperazine rings is 1. The van der Waals surface area contributed by atoms with E-state index < -0.39 is 0 Å². The van der Waals surface area contributed by atoms with E-state index in [0.717, 1.165) is 64.6 Å². The molecule has 1 N–H and O–H groups in total. The van der Waals surface area contributed by atoms with E-state index in [-0.39, 0.29) is 11.9 Å². The largest absolute Gasteiger partial charge is 0.466 e. The summed E-state index contributed by atoms with van der Waals surface area (Å²) in [5.41, 5.74) is 2.56. The molecule has 0 aliphatic carbocycles. The number of ether oxygens (including phenoxy) is 1. The molecule has 2 aliphatic heterocycles. The molecule has 2 fully saturated rings. The second kappa shape index (κ2) is 12.1. The topological polar surface area (TPSA) is 60.4 Å². The predicted molar refractivity (Wildman–Crippen MR) is 125 cm³/mol. The summed E-state index contributed by atoms with van der Waals surface area (Å²) in [6.45, 7) is 13.0. The van der Waals surface area contributed by atoms with Gasteiger partial charge in [-0.25, -0.2) is 4.99 Å². The average Bonchev–Trinajstić information content (AvgIpc) is 2.79. The van der Waals surface area contributed by atoms with Gasteiger partial charge in [0.05, 0.1) is 19.1 Å². The molecule has 0 saturated carbocycles. The fourth-order valence-electron chi connectivity index (χ4n) is 4.23. The lowest BCUT2D eigenvalue weighted by Crippen LogP contribution is -2.48. The first-order valence-corrected chi connectivity index (χ1v) is 11.8. The van der Waals surface area contributed by atoms with Gasteiger partial charge in [-0.15, -0.1) is 0 Å². The van der Waals surface area contributed by atoms with Crippen molar-refractivity contribution >= 4 is 11.9 Å². The van der Waals surface area contributed by atoms with E-state index in [9.17, 15) is 4.79 Å². The number of guanidine groups is 1. The SMILES string of the molecule is CCNC(=NCc1ccc(CN2CCN(C)CC2)cc1)N1CCCC(C(=O)OCC)C1. The fraction of sp³-hybridized carbons (Fsp3) is 0.667. The summed E-state index contributed by atoms with van der Waals surface area (Å²) >= 11 is 0. The number of benzene rings is 1. The van der Waals surface area contributed by atoms with Gasteiger partial charge in [-0.3, -0.25) is 9.69 Å². The molecule has 3 rings (SSSR count). The summed E-state index contributed by atoms with van der Waals surface area (Å²) < 4.78 is 5.24. The fourth-order valence-corrected chi connectivity index (χ4v) is 4.23. The minimum atomic E-state index is -0.0843. The van der Waals surface area contributed by atoms with E-state index in [0.29, 0.717) is 19.7 Å². The van der Waals surface area contributed by atoms with Crippen LogP contribution in [0.3, 0.4) is 0 Å². The molecule has 7 nitrogen and oxygen atoms in total. The Morgan fingerprint density at radius 3 is 2.48 bits per heavy atom. The number of carbonyl (C=O) groups excluding carboxylic acids is 1. The van der Waals surface area contributed by atoms with E-state index in [1.165, 1.54) is 11.1 Å². The highest BCUT2D eigenvalue weighted by molar-refractivity contribution is 5.81. The number of aliphatic imine (C=N–C) groups is 1. The van der Waals surface area contributed by atoms with Gasteiger partial charge in [0, 0.05) is 52.4 Å². The first kappa shape index (κ1) is 23.5. The molecule has 1 unspecified atom stereocenters. The molecule has 0 bridgehead atoms. The number of esters is 1. The van der Waals surface area contributed by atoms with Gasteiger partial charge in [-0.2, -0.15) is 0 Å². The minimum absolute atomic E-state index is 0.0635. The smallest absolute Gasteiger partial charge is 0.310 e. The van der Waals surface area contributed by atoms with Gasteiger partial charge in [0.15, 0.2) is 5.96 Å². The second-order valence-electron chi connectivity index (χ2n) is 8.60. The van der Waals surface area contributed by atoms with Gasteiger partial charge >= 0.3 is 5.97 Å². The van der Waals surface area contributed by atoms with Crippen molar-refractivity contribution in [1.29, 1.82) is 0 Å². The number of nitrogens with zero attached hydrogens (tertiary/aromatic N) is 4. The Morgan fingerprint density at radius 1 is 1.10 bits per heavy atom. The maximum absolute atomic E-state index is 12.2. The number of nitrogens with one attached hydrogen (secondary N) is 1. The van der Waals surface area contributed by atoms with E-state index >= 15 is 0 Å². The summed E-state index contributed by atoms with van der Waals surface area (Å²) in [6, 6.07) is 8.84. The van der Waals surface area contributed by atoms with Crippen molar-refractivity contribution < 1.29 is 9.53 Å². The summed E-state index contributed by atoms with van der Waals surface area (Å²) in [5, 5.41) is 3.40. The molecule has 1 aromatic rings. The van der Waals surface area contributed by atoms with Crippen molar-refractivity contribution in [3.63, 3.8) is 0 Å². The number of hydrogen-bond donors (Lipinski definition) is 1. The van der Waals surface area contributed by atoms with Gasteiger partial charge in [-0.1, -0.05) is 24.3 Å². The van der Waals surface area contributed by atoms with Crippen molar-refractivity contribution in [2.75, 3.05) is 59.5 Å². The summed E-state index contributed by atoms with van der Waals surface area (Å²) in [5.74, 6) is 0.739. The zero-order valence-corrected chi connectivity index (χ0v) is 19.5. The van der Waals surface area contributed by atoms with Crippen LogP contribution in [0.4, 0.5) is 0 Å². The molecule has 0 aromatic heterocycles. The molecule has 0 spiro atoms. The number of hydrogen-bond acceptors (Lipinski definition) is 5. The number of rotatable bonds is 7. The first-order valence-electron chi connectivity index (χ1n) is 11.8. The van der Waals surface area contributed by atoms with E-state index in [4.69, 9.17) is 9.73 Å². The molecule has 0 amide bonds. The van der Waals surface area contributed by atoms with Crippen LogP contribution in [-0.4, -0.2) is 86.1 Å². The molecule has 0 radical (unpaired) electrons. The van der Waals surface area contributed by atoms with Gasteiger partial charge in [0.1, 0.15) is 0 Å². The van der Waals surface area contributed by atoms with Crippen molar-refractivity contribution in [2.24, 2.45) is 10.9 Å². The van der Waals surface area contributed by atoms with Crippen molar-refractivity contribution in [3.05, 3.63) is 35.4 Å². The number of carbonyl (C=O) groups is 1. The van der Waals surface area contributed by atoms with Crippen LogP contribution < -0.4 is 5.32 Å². The monoisotopic (exact) mass is 429 g/mol. The average molecular weight is 430 g/mol. The Balaban J connectivity index is 1.56.